The average molecular weight is 642 g/mol. The van der Waals surface area contributed by atoms with Crippen LogP contribution in [0.5, 0.6) is 0 Å². The normalized spacial score (nSPS) is 12.1. The van der Waals surface area contributed by atoms with Gasteiger partial charge in [0, 0.05) is 17.7 Å². The van der Waals surface area contributed by atoms with Crippen molar-refractivity contribution in [2.24, 2.45) is 7.05 Å². The van der Waals surface area contributed by atoms with Crippen LogP contribution in [-0.4, -0.2) is 13.4 Å². The molecule has 0 N–H and O–H groups in total. The Morgan fingerprint density at radius 2 is 0.880 bits per heavy atom. The molecule has 8 rings (SSSR count). The molecular formula is C47H42B2N+. The first-order valence-electron chi connectivity index (χ1n) is 17.8. The van der Waals surface area contributed by atoms with E-state index < -0.39 is 0 Å². The molecule has 0 aliphatic carbocycles. The predicted octanol–water partition coefficient (Wildman–Crippen LogP) is 6.40. The second kappa shape index (κ2) is 12.8. The van der Waals surface area contributed by atoms with E-state index in [1.54, 1.807) is 0 Å². The van der Waals surface area contributed by atoms with E-state index in [9.17, 15) is 0 Å². The molecule has 0 atom stereocenters. The summed E-state index contributed by atoms with van der Waals surface area (Å²) in [6.45, 7) is 11.6. The minimum atomic E-state index is 0.145. The third kappa shape index (κ3) is 5.42. The third-order valence-corrected chi connectivity index (χ3v) is 11.1. The maximum Gasteiger partial charge on any atom is 0.240 e. The van der Waals surface area contributed by atoms with E-state index in [1.165, 1.54) is 94.1 Å². The van der Waals surface area contributed by atoms with Crippen LogP contribution >= 0.6 is 0 Å². The Morgan fingerprint density at radius 1 is 0.380 bits per heavy atom. The summed E-state index contributed by atoms with van der Waals surface area (Å²) in [7, 11) is 2.16. The highest BCUT2D eigenvalue weighted by Crippen LogP contribution is 2.30. The molecule has 7 aromatic rings. The predicted molar refractivity (Wildman–Crippen MR) is 216 cm³/mol. The van der Waals surface area contributed by atoms with Gasteiger partial charge in [0.05, 0.1) is 0 Å². The minimum Gasteiger partial charge on any atom is -0.201 e. The summed E-state index contributed by atoms with van der Waals surface area (Å²) in [4.78, 5) is 0. The van der Waals surface area contributed by atoms with E-state index in [1.807, 2.05) is 0 Å². The van der Waals surface area contributed by atoms with Crippen molar-refractivity contribution in [3.63, 3.8) is 0 Å². The van der Waals surface area contributed by atoms with Gasteiger partial charge in [-0.05, 0) is 68.5 Å². The number of aryl methyl sites for hydroxylation is 6. The zero-order chi connectivity index (χ0) is 34.5. The first-order valence-corrected chi connectivity index (χ1v) is 17.8. The van der Waals surface area contributed by atoms with Crippen LogP contribution in [0, 0.1) is 34.6 Å². The lowest BCUT2D eigenvalue weighted by Gasteiger charge is -2.34. The molecule has 1 aliphatic rings. The molecule has 0 radical (unpaired) electrons. The lowest BCUT2D eigenvalue weighted by Crippen LogP contribution is -2.75. The molecule has 2 heterocycles. The first kappa shape index (κ1) is 31.8. The van der Waals surface area contributed by atoms with Crippen LogP contribution in [0.15, 0.2) is 146 Å². The average Bonchev–Trinajstić information content (AvgIpc) is 3.13. The maximum atomic E-state index is 2.51. The minimum absolute atomic E-state index is 0.145. The molecule has 50 heavy (non-hydrogen) atoms. The molecule has 0 fully saturated rings. The Morgan fingerprint density at radius 3 is 1.50 bits per heavy atom. The molecule has 1 aromatic heterocycles. The van der Waals surface area contributed by atoms with Gasteiger partial charge in [-0.1, -0.05) is 176 Å². The Hall–Kier alpha value is -5.40. The lowest BCUT2D eigenvalue weighted by atomic mass is 9.20. The largest absolute Gasteiger partial charge is 0.240 e. The van der Waals surface area contributed by atoms with Gasteiger partial charge >= 0.3 is 0 Å². The number of rotatable bonds is 5. The summed E-state index contributed by atoms with van der Waals surface area (Å²) >= 11 is 0. The van der Waals surface area contributed by atoms with Crippen molar-refractivity contribution in [3.8, 4) is 33.5 Å². The van der Waals surface area contributed by atoms with Gasteiger partial charge in [0.15, 0.2) is 6.20 Å². The van der Waals surface area contributed by atoms with Gasteiger partial charge in [0.2, 0.25) is 19.1 Å². The molecule has 0 spiro atoms. The van der Waals surface area contributed by atoms with E-state index in [4.69, 9.17) is 0 Å². The smallest absolute Gasteiger partial charge is 0.201 e. The molecule has 0 bridgehead atoms. The molecule has 1 nitrogen and oxygen atoms in total. The van der Waals surface area contributed by atoms with Crippen LogP contribution in [0.25, 0.3) is 33.5 Å². The van der Waals surface area contributed by atoms with Gasteiger partial charge in [-0.2, -0.15) is 0 Å². The highest BCUT2D eigenvalue weighted by atomic mass is 14.9. The summed E-state index contributed by atoms with van der Waals surface area (Å²) in [6.07, 6.45) is 2.22. The van der Waals surface area contributed by atoms with E-state index in [2.05, 4.69) is 192 Å². The summed E-state index contributed by atoms with van der Waals surface area (Å²) in [6, 6.07) is 52.2. The Balaban J connectivity index is 1.34. The SMILES string of the molecule is Cc1ccc(-c2ccccc2)cc1-c1cc(-c2ccc3c(c2)B(c2c(C)cccc2C)c2ccccc2B3c2c(C)cccc2C)cc[n+]1C. The van der Waals surface area contributed by atoms with Gasteiger partial charge in [-0.25, -0.2) is 4.57 Å². The van der Waals surface area contributed by atoms with Crippen LogP contribution in [0.2, 0.25) is 0 Å². The van der Waals surface area contributed by atoms with Crippen LogP contribution in [0.4, 0.5) is 0 Å². The van der Waals surface area contributed by atoms with Crippen LogP contribution < -0.4 is 37.3 Å². The second-order valence-electron chi connectivity index (χ2n) is 14.3. The number of hydrogen-bond acceptors (Lipinski definition) is 0. The summed E-state index contributed by atoms with van der Waals surface area (Å²) in [5.74, 6) is 0. The zero-order valence-electron chi connectivity index (χ0n) is 30.0. The van der Waals surface area contributed by atoms with Gasteiger partial charge in [0.25, 0.3) is 0 Å². The van der Waals surface area contributed by atoms with Gasteiger partial charge in [-0.15, -0.1) is 0 Å². The van der Waals surface area contributed by atoms with Crippen LogP contribution in [0.3, 0.4) is 0 Å². The van der Waals surface area contributed by atoms with Crippen molar-refractivity contribution >= 4 is 46.2 Å². The molecule has 0 unspecified atom stereocenters. The Kier molecular flexibility index (Phi) is 8.16. The molecule has 0 saturated heterocycles. The molecule has 240 valence electrons. The molecule has 0 saturated carbocycles. The van der Waals surface area contributed by atoms with Crippen molar-refractivity contribution in [3.05, 3.63) is 174 Å². The van der Waals surface area contributed by atoms with E-state index in [0.29, 0.717) is 0 Å². The van der Waals surface area contributed by atoms with Crippen LogP contribution in [0.1, 0.15) is 27.8 Å². The van der Waals surface area contributed by atoms with Crippen molar-refractivity contribution in [2.75, 3.05) is 0 Å². The number of aromatic nitrogens is 1. The first-order chi connectivity index (χ1) is 24.3. The monoisotopic (exact) mass is 642 g/mol. The van der Waals surface area contributed by atoms with E-state index in [0.717, 1.165) is 0 Å². The molecule has 3 heteroatoms. The Bertz CT molecular complexity index is 2370. The fourth-order valence-electron chi connectivity index (χ4n) is 8.55. The summed E-state index contributed by atoms with van der Waals surface area (Å²) < 4.78 is 2.26. The highest BCUT2D eigenvalue weighted by Gasteiger charge is 2.40. The quantitative estimate of drug-likeness (QED) is 0.151. The number of hydrogen-bond donors (Lipinski definition) is 0. The van der Waals surface area contributed by atoms with Crippen molar-refractivity contribution in [2.45, 2.75) is 34.6 Å². The molecule has 0 amide bonds. The standard InChI is InChI=1S/C47H42B2N/c1-31-22-23-37(36-18-8-7-9-19-36)28-40(31)45-30-39(26-27-50(45)6)38-24-25-43-44(29-38)49(47-34(4)16-13-17-35(47)5)42-21-11-10-20-41(42)48(43)46-32(2)14-12-15-33(46)3/h7-30H,1-6H3/q+1. The fourth-order valence-corrected chi connectivity index (χ4v) is 8.55. The third-order valence-electron chi connectivity index (χ3n) is 11.1. The fraction of sp³-hybridized carbons (Fsp3) is 0.128. The van der Waals surface area contributed by atoms with Crippen molar-refractivity contribution in [1.29, 1.82) is 0 Å². The molecule has 6 aromatic carbocycles. The van der Waals surface area contributed by atoms with E-state index >= 15 is 0 Å². The Labute approximate surface area is 298 Å². The summed E-state index contributed by atoms with van der Waals surface area (Å²) in [5.41, 5.74) is 22.6. The number of nitrogens with zero attached hydrogens (tertiary/aromatic N) is 1. The zero-order valence-corrected chi connectivity index (χ0v) is 30.0. The van der Waals surface area contributed by atoms with Gasteiger partial charge < -0.3 is 0 Å². The molecule has 1 aliphatic heterocycles. The number of fused-ring (bicyclic) bond motifs is 2. The second-order valence-corrected chi connectivity index (χ2v) is 14.3. The van der Waals surface area contributed by atoms with Crippen LogP contribution in [-0.2, 0) is 7.05 Å². The maximum absolute atomic E-state index is 2.51. The topological polar surface area (TPSA) is 3.88 Å². The van der Waals surface area contributed by atoms with E-state index in [-0.39, 0.29) is 13.4 Å². The van der Waals surface area contributed by atoms with Crippen molar-refractivity contribution < 1.29 is 4.57 Å². The van der Waals surface area contributed by atoms with Gasteiger partial charge in [0.1, 0.15) is 7.05 Å². The molecular weight excluding hydrogens is 600 g/mol. The lowest BCUT2D eigenvalue weighted by molar-refractivity contribution is -0.660. The van der Waals surface area contributed by atoms with Crippen molar-refractivity contribution in [1.82, 2.24) is 0 Å². The van der Waals surface area contributed by atoms with Gasteiger partial charge in [-0.3, -0.25) is 0 Å². The number of benzene rings is 6. The summed E-state index contributed by atoms with van der Waals surface area (Å²) in [5, 5.41) is 0. The highest BCUT2D eigenvalue weighted by molar-refractivity contribution is 7.11. The number of pyridine rings is 1.